The van der Waals surface area contributed by atoms with E-state index in [0.717, 1.165) is 19.6 Å². The molecule has 1 fully saturated rings. The molecule has 1 aliphatic rings. The Morgan fingerprint density at radius 1 is 1.45 bits per heavy atom. The number of hydrogen-bond acceptors (Lipinski definition) is 4. The molecule has 0 aliphatic carbocycles. The van der Waals surface area contributed by atoms with Crippen LogP contribution in [0, 0.1) is 0 Å². The molecule has 1 aromatic rings. The van der Waals surface area contributed by atoms with Gasteiger partial charge >= 0.3 is 0 Å². The summed E-state index contributed by atoms with van der Waals surface area (Å²) in [5.74, 6) is 0.213. The van der Waals surface area contributed by atoms with Gasteiger partial charge in [0.25, 0.3) is 5.91 Å². The first-order valence-corrected chi connectivity index (χ1v) is 7.05. The second-order valence-electron chi connectivity index (χ2n) is 5.39. The normalized spacial score (nSPS) is 18.4. The Labute approximate surface area is 120 Å². The zero-order valence-electron chi connectivity index (χ0n) is 12.0. The van der Waals surface area contributed by atoms with Gasteiger partial charge in [-0.15, -0.1) is 0 Å². The van der Waals surface area contributed by atoms with Crippen molar-refractivity contribution in [3.05, 3.63) is 29.8 Å². The van der Waals surface area contributed by atoms with E-state index in [4.69, 9.17) is 10.5 Å². The molecule has 0 radical (unpaired) electrons. The van der Waals surface area contributed by atoms with Crippen molar-refractivity contribution in [3.8, 4) is 5.75 Å². The molecule has 1 saturated heterocycles. The van der Waals surface area contributed by atoms with E-state index in [1.807, 2.05) is 24.3 Å². The maximum Gasteiger partial charge on any atom is 0.255 e. The highest BCUT2D eigenvalue weighted by Gasteiger charge is 2.15. The van der Waals surface area contributed by atoms with Crippen molar-refractivity contribution in [2.45, 2.75) is 25.4 Å². The Kier molecular flexibility index (Phi) is 5.38. The standard InChI is InChI=1S/C15H23N3O2/c1-18(10-13-3-2-8-17-13)9-12-4-6-14(7-5-12)20-11-15(16)19/h4-7,13,17H,2-3,8-11H2,1H3,(H2,16,19). The van der Waals surface area contributed by atoms with Crippen LogP contribution in [0.15, 0.2) is 24.3 Å². The first-order chi connectivity index (χ1) is 9.63. The van der Waals surface area contributed by atoms with Crippen LogP contribution in [0.3, 0.4) is 0 Å². The maximum atomic E-state index is 10.6. The van der Waals surface area contributed by atoms with Gasteiger partial charge in [-0.25, -0.2) is 0 Å². The zero-order chi connectivity index (χ0) is 14.4. The number of nitrogens with zero attached hydrogens (tertiary/aromatic N) is 1. The van der Waals surface area contributed by atoms with Crippen molar-refractivity contribution in [2.24, 2.45) is 5.73 Å². The molecule has 1 unspecified atom stereocenters. The molecule has 0 aromatic heterocycles. The first-order valence-electron chi connectivity index (χ1n) is 7.05. The number of primary amides is 1. The first kappa shape index (κ1) is 14.8. The lowest BCUT2D eigenvalue weighted by atomic mass is 10.2. The monoisotopic (exact) mass is 277 g/mol. The van der Waals surface area contributed by atoms with Gasteiger partial charge in [0, 0.05) is 19.1 Å². The highest BCUT2D eigenvalue weighted by molar-refractivity contribution is 5.75. The minimum absolute atomic E-state index is 0.0768. The summed E-state index contributed by atoms with van der Waals surface area (Å²) in [6, 6.07) is 8.42. The van der Waals surface area contributed by atoms with E-state index < -0.39 is 5.91 Å². The summed E-state index contributed by atoms with van der Waals surface area (Å²) in [6.45, 7) is 3.05. The van der Waals surface area contributed by atoms with Crippen LogP contribution >= 0.6 is 0 Å². The molecular formula is C15H23N3O2. The minimum atomic E-state index is -0.460. The van der Waals surface area contributed by atoms with Crippen LogP contribution in [0.1, 0.15) is 18.4 Å². The van der Waals surface area contributed by atoms with Crippen molar-refractivity contribution in [1.29, 1.82) is 0 Å². The lowest BCUT2D eigenvalue weighted by Gasteiger charge is -2.21. The van der Waals surface area contributed by atoms with Crippen molar-refractivity contribution in [1.82, 2.24) is 10.2 Å². The fourth-order valence-corrected chi connectivity index (χ4v) is 2.51. The summed E-state index contributed by atoms with van der Waals surface area (Å²) >= 11 is 0. The third-order valence-corrected chi connectivity index (χ3v) is 3.45. The number of carbonyl (C=O) groups excluding carboxylic acids is 1. The van der Waals surface area contributed by atoms with E-state index in [1.165, 1.54) is 18.4 Å². The Morgan fingerprint density at radius 2 is 2.20 bits per heavy atom. The van der Waals surface area contributed by atoms with E-state index in [9.17, 15) is 4.79 Å². The largest absolute Gasteiger partial charge is 0.484 e. The number of ether oxygens (including phenoxy) is 1. The number of rotatable bonds is 7. The molecule has 2 rings (SSSR count). The SMILES string of the molecule is CN(Cc1ccc(OCC(N)=O)cc1)CC1CCCN1. The van der Waals surface area contributed by atoms with Crippen LogP contribution in [0.4, 0.5) is 0 Å². The molecule has 1 atom stereocenters. The summed E-state index contributed by atoms with van der Waals surface area (Å²) in [6.07, 6.45) is 2.55. The van der Waals surface area contributed by atoms with Gasteiger partial charge in [0.15, 0.2) is 6.61 Å². The van der Waals surface area contributed by atoms with Crippen LogP contribution in [0.25, 0.3) is 0 Å². The van der Waals surface area contributed by atoms with Crippen molar-refractivity contribution in [2.75, 3.05) is 26.7 Å². The Morgan fingerprint density at radius 3 is 2.80 bits per heavy atom. The summed E-state index contributed by atoms with van der Waals surface area (Å²) in [5, 5.41) is 3.50. The van der Waals surface area contributed by atoms with Gasteiger partial charge in [-0.1, -0.05) is 12.1 Å². The molecule has 1 aromatic carbocycles. The summed E-state index contributed by atoms with van der Waals surface area (Å²) in [4.78, 5) is 13.0. The Hall–Kier alpha value is -1.59. The molecule has 0 spiro atoms. The Balaban J connectivity index is 1.78. The third-order valence-electron chi connectivity index (χ3n) is 3.45. The summed E-state index contributed by atoms with van der Waals surface area (Å²) in [7, 11) is 2.14. The third kappa shape index (κ3) is 4.83. The average molecular weight is 277 g/mol. The molecule has 0 saturated carbocycles. The molecule has 1 heterocycles. The highest BCUT2D eigenvalue weighted by atomic mass is 16.5. The Bertz CT molecular complexity index is 427. The molecule has 5 heteroatoms. The lowest BCUT2D eigenvalue weighted by Crippen LogP contribution is -2.34. The van der Waals surface area contributed by atoms with Crippen LogP contribution < -0.4 is 15.8 Å². The molecule has 110 valence electrons. The minimum Gasteiger partial charge on any atom is -0.484 e. The average Bonchev–Trinajstić information content (AvgIpc) is 2.90. The predicted molar refractivity (Wildman–Crippen MR) is 78.5 cm³/mol. The number of nitrogens with one attached hydrogen (secondary N) is 1. The fraction of sp³-hybridized carbons (Fsp3) is 0.533. The molecular weight excluding hydrogens is 254 g/mol. The number of hydrogen-bond donors (Lipinski definition) is 2. The maximum absolute atomic E-state index is 10.6. The van der Waals surface area contributed by atoms with E-state index >= 15 is 0 Å². The van der Waals surface area contributed by atoms with E-state index in [0.29, 0.717) is 11.8 Å². The van der Waals surface area contributed by atoms with Gasteiger partial charge in [-0.05, 0) is 44.1 Å². The van der Waals surface area contributed by atoms with Gasteiger partial charge in [-0.3, -0.25) is 4.79 Å². The molecule has 5 nitrogen and oxygen atoms in total. The number of amides is 1. The van der Waals surface area contributed by atoms with Crippen LogP contribution in [-0.4, -0.2) is 43.6 Å². The topological polar surface area (TPSA) is 67.6 Å². The van der Waals surface area contributed by atoms with E-state index in [2.05, 4.69) is 17.3 Å². The summed E-state index contributed by atoms with van der Waals surface area (Å²) in [5.41, 5.74) is 6.27. The van der Waals surface area contributed by atoms with Crippen molar-refractivity contribution < 1.29 is 9.53 Å². The quantitative estimate of drug-likeness (QED) is 0.771. The van der Waals surface area contributed by atoms with Crippen molar-refractivity contribution in [3.63, 3.8) is 0 Å². The second-order valence-corrected chi connectivity index (χ2v) is 5.39. The highest BCUT2D eigenvalue weighted by Crippen LogP contribution is 2.14. The van der Waals surface area contributed by atoms with Gasteiger partial charge in [0.2, 0.25) is 0 Å². The molecule has 1 aliphatic heterocycles. The molecule has 20 heavy (non-hydrogen) atoms. The zero-order valence-corrected chi connectivity index (χ0v) is 12.0. The molecule has 0 bridgehead atoms. The van der Waals surface area contributed by atoms with Crippen LogP contribution in [0.5, 0.6) is 5.75 Å². The number of nitrogens with two attached hydrogens (primary N) is 1. The predicted octanol–water partition coefficient (Wildman–Crippen LogP) is 0.735. The number of benzene rings is 1. The number of likely N-dealkylation sites (N-methyl/N-ethyl adjacent to an activating group) is 1. The van der Waals surface area contributed by atoms with Crippen molar-refractivity contribution >= 4 is 5.91 Å². The summed E-state index contributed by atoms with van der Waals surface area (Å²) < 4.78 is 5.24. The van der Waals surface area contributed by atoms with Gasteiger partial charge < -0.3 is 20.7 Å². The van der Waals surface area contributed by atoms with E-state index in [-0.39, 0.29) is 6.61 Å². The second kappa shape index (κ2) is 7.26. The van der Waals surface area contributed by atoms with Gasteiger partial charge in [-0.2, -0.15) is 0 Å². The molecule has 1 amide bonds. The van der Waals surface area contributed by atoms with Gasteiger partial charge in [0.1, 0.15) is 5.75 Å². The van der Waals surface area contributed by atoms with Crippen LogP contribution in [-0.2, 0) is 11.3 Å². The lowest BCUT2D eigenvalue weighted by molar-refractivity contribution is -0.119. The smallest absolute Gasteiger partial charge is 0.255 e. The van der Waals surface area contributed by atoms with Gasteiger partial charge in [0.05, 0.1) is 0 Å². The fourth-order valence-electron chi connectivity index (χ4n) is 2.51. The number of carbonyl (C=O) groups is 1. The van der Waals surface area contributed by atoms with E-state index in [1.54, 1.807) is 0 Å². The van der Waals surface area contributed by atoms with Crippen LogP contribution in [0.2, 0.25) is 0 Å². The molecule has 3 N–H and O–H groups in total.